The van der Waals surface area contributed by atoms with Crippen LogP contribution in [0.3, 0.4) is 0 Å². The molecule has 2 fully saturated rings. The van der Waals surface area contributed by atoms with Crippen LogP contribution in [0.1, 0.15) is 42.6 Å². The van der Waals surface area contributed by atoms with Gasteiger partial charge in [-0.3, -0.25) is 9.69 Å². The Bertz CT molecular complexity index is 1030. The number of likely N-dealkylation sites (tertiary alicyclic amines) is 1. The molecule has 1 saturated heterocycles. The van der Waals surface area contributed by atoms with E-state index in [0.29, 0.717) is 0 Å². The summed E-state index contributed by atoms with van der Waals surface area (Å²) in [4.78, 5) is 15.1. The van der Waals surface area contributed by atoms with Crippen molar-refractivity contribution in [2.45, 2.75) is 49.7 Å². The number of nitrogens with zero attached hydrogens (tertiary/aromatic N) is 1. The molecule has 33 heavy (non-hydrogen) atoms. The van der Waals surface area contributed by atoms with Gasteiger partial charge in [0, 0.05) is 43.3 Å². The fourth-order valence-corrected chi connectivity index (χ4v) is 5.84. The van der Waals surface area contributed by atoms with Crippen LogP contribution in [0, 0.1) is 6.92 Å². The molecular formula is C27H34N2O4. The summed E-state index contributed by atoms with van der Waals surface area (Å²) >= 11 is 0. The average molecular weight is 451 g/mol. The number of fused-ring (bicyclic) bond motifs is 1. The molecule has 2 aliphatic rings. The van der Waals surface area contributed by atoms with Gasteiger partial charge in [0.15, 0.2) is 0 Å². The van der Waals surface area contributed by atoms with E-state index in [1.165, 1.54) is 0 Å². The number of piperidine rings is 1. The van der Waals surface area contributed by atoms with Crippen molar-refractivity contribution in [3.8, 4) is 5.75 Å². The maximum atomic E-state index is 12.7. The fourth-order valence-electron chi connectivity index (χ4n) is 5.84. The van der Waals surface area contributed by atoms with Crippen LogP contribution in [-0.4, -0.2) is 54.3 Å². The Kier molecular flexibility index (Phi) is 6.77. The number of phenols is 1. The van der Waals surface area contributed by atoms with E-state index in [0.717, 1.165) is 62.2 Å². The van der Waals surface area contributed by atoms with Gasteiger partial charge in [0.25, 0.3) is 0 Å². The Morgan fingerprint density at radius 2 is 2.24 bits per heavy atom. The Morgan fingerprint density at radius 1 is 1.39 bits per heavy atom. The summed E-state index contributed by atoms with van der Waals surface area (Å²) in [6.07, 6.45) is 10.2. The van der Waals surface area contributed by atoms with Crippen molar-refractivity contribution < 1.29 is 19.1 Å². The molecule has 1 aromatic carbocycles. The van der Waals surface area contributed by atoms with Gasteiger partial charge in [-0.25, -0.2) is 0 Å². The quantitative estimate of drug-likeness (QED) is 0.489. The minimum atomic E-state index is -0.396. The molecule has 4 rings (SSSR count). The van der Waals surface area contributed by atoms with Crippen molar-refractivity contribution in [3.63, 3.8) is 0 Å². The first-order chi connectivity index (χ1) is 15.9. The van der Waals surface area contributed by atoms with Gasteiger partial charge in [-0.15, -0.1) is 6.58 Å². The summed E-state index contributed by atoms with van der Waals surface area (Å²) < 4.78 is 11.6. The average Bonchev–Trinajstić information content (AvgIpc) is 3.22. The molecule has 0 radical (unpaired) electrons. The molecule has 0 spiro atoms. The second-order valence-electron chi connectivity index (χ2n) is 9.32. The van der Waals surface area contributed by atoms with Gasteiger partial charge >= 0.3 is 0 Å². The highest BCUT2D eigenvalue weighted by Crippen LogP contribution is 2.53. The molecule has 0 unspecified atom stereocenters. The van der Waals surface area contributed by atoms with E-state index in [4.69, 9.17) is 9.15 Å². The Morgan fingerprint density at radius 3 is 2.94 bits per heavy atom. The molecule has 1 aliphatic heterocycles. The molecule has 176 valence electrons. The number of ether oxygens (including phenoxy) is 1. The lowest BCUT2D eigenvalue weighted by Gasteiger charge is -2.59. The lowest BCUT2D eigenvalue weighted by atomic mass is 9.55. The van der Waals surface area contributed by atoms with E-state index in [2.05, 4.69) is 22.9 Å². The Labute approximate surface area is 195 Å². The summed E-state index contributed by atoms with van der Waals surface area (Å²) in [7, 11) is 1.80. The molecule has 1 aromatic heterocycles. The summed E-state index contributed by atoms with van der Waals surface area (Å²) in [5.74, 6) is 0.932. The fraction of sp³-hybridized carbons (Fsp3) is 0.444. The maximum Gasteiger partial charge on any atom is 0.244 e. The number of hydrogen-bond donors (Lipinski definition) is 2. The first-order valence-corrected chi connectivity index (χ1v) is 11.6. The number of carbonyl (C=O) groups is 1. The van der Waals surface area contributed by atoms with Gasteiger partial charge in [-0.1, -0.05) is 18.2 Å². The molecular weight excluding hydrogens is 416 g/mol. The number of aryl methyl sites for hydroxylation is 1. The molecule has 1 amide bonds. The van der Waals surface area contributed by atoms with Crippen LogP contribution in [0.15, 0.2) is 59.7 Å². The number of methoxy groups -OCH3 is 1. The molecule has 1 aliphatic carbocycles. The lowest BCUT2D eigenvalue weighted by molar-refractivity contribution is -0.148. The minimum Gasteiger partial charge on any atom is -0.508 e. The number of aromatic hydroxyl groups is 1. The van der Waals surface area contributed by atoms with E-state index >= 15 is 0 Å². The van der Waals surface area contributed by atoms with Gasteiger partial charge < -0.3 is 19.6 Å². The van der Waals surface area contributed by atoms with Gasteiger partial charge in [0.2, 0.25) is 5.91 Å². The normalized spacial score (nSPS) is 27.9. The maximum absolute atomic E-state index is 12.7. The first-order valence-electron chi connectivity index (χ1n) is 11.6. The predicted molar refractivity (Wildman–Crippen MR) is 129 cm³/mol. The van der Waals surface area contributed by atoms with Crippen LogP contribution in [0.25, 0.3) is 6.08 Å². The highest BCUT2D eigenvalue weighted by atomic mass is 16.5. The van der Waals surface area contributed by atoms with E-state index in [9.17, 15) is 9.90 Å². The number of furan rings is 1. The van der Waals surface area contributed by atoms with Crippen LogP contribution < -0.4 is 5.32 Å². The summed E-state index contributed by atoms with van der Waals surface area (Å²) in [6.45, 7) is 8.31. The van der Waals surface area contributed by atoms with E-state index < -0.39 is 5.60 Å². The second kappa shape index (κ2) is 9.57. The number of amides is 1. The zero-order chi connectivity index (χ0) is 23.5. The zero-order valence-electron chi connectivity index (χ0n) is 19.5. The van der Waals surface area contributed by atoms with Crippen LogP contribution in [0.2, 0.25) is 0 Å². The topological polar surface area (TPSA) is 74.9 Å². The van der Waals surface area contributed by atoms with Crippen molar-refractivity contribution >= 4 is 12.0 Å². The van der Waals surface area contributed by atoms with Crippen LogP contribution in [0.5, 0.6) is 5.75 Å². The summed E-state index contributed by atoms with van der Waals surface area (Å²) in [5.41, 5.74) is 1.27. The number of phenolic OH excluding ortho intramolecular Hbond substituents is 1. The molecule has 1 saturated carbocycles. The van der Waals surface area contributed by atoms with Crippen LogP contribution >= 0.6 is 0 Å². The van der Waals surface area contributed by atoms with E-state index in [-0.39, 0.29) is 23.1 Å². The minimum absolute atomic E-state index is 0.0178. The molecule has 3 atom stereocenters. The number of rotatable bonds is 7. The molecule has 2 N–H and O–H groups in total. The van der Waals surface area contributed by atoms with Crippen LogP contribution in [-0.2, 0) is 14.9 Å². The standard InChI is InChI=1S/C27H34N2O4/c1-4-14-29-15-13-26(22-6-5-7-24(30)17-22)18-23(10-12-27(26,19-29)32-3)28-25(31)9-8-21-11-16-33-20(21)2/h4-9,11,16-17,23,30H,1,10,12-15,18-19H2,2-3H3,(H,28,31)/b9-8+/t23-,26-,27-/m0/s1. The predicted octanol–water partition coefficient (Wildman–Crippen LogP) is 4.19. The SMILES string of the molecule is C=CCN1CC[C@@]2(c3cccc(O)c3)C[C@@H](NC(=O)/C=C/c3ccoc3C)CC[C@]2(OC)C1. The van der Waals surface area contributed by atoms with Crippen LogP contribution in [0.4, 0.5) is 0 Å². The molecule has 0 bridgehead atoms. The Hall–Kier alpha value is -2.83. The van der Waals surface area contributed by atoms with Crippen molar-refractivity contribution in [1.29, 1.82) is 0 Å². The third kappa shape index (κ3) is 4.50. The Balaban J connectivity index is 1.60. The number of hydrogen-bond acceptors (Lipinski definition) is 5. The smallest absolute Gasteiger partial charge is 0.244 e. The summed E-state index contributed by atoms with van der Waals surface area (Å²) in [5, 5.41) is 13.5. The largest absolute Gasteiger partial charge is 0.508 e. The summed E-state index contributed by atoms with van der Waals surface area (Å²) in [6, 6.07) is 9.41. The van der Waals surface area contributed by atoms with Crippen molar-refractivity contribution in [2.24, 2.45) is 0 Å². The van der Waals surface area contributed by atoms with Crippen molar-refractivity contribution in [3.05, 3.63) is 72.2 Å². The monoisotopic (exact) mass is 450 g/mol. The van der Waals surface area contributed by atoms with E-state index in [1.54, 1.807) is 31.6 Å². The molecule has 6 heteroatoms. The number of benzene rings is 1. The van der Waals surface area contributed by atoms with Gasteiger partial charge in [0.1, 0.15) is 11.5 Å². The highest BCUT2D eigenvalue weighted by molar-refractivity contribution is 5.92. The zero-order valence-corrected chi connectivity index (χ0v) is 19.5. The second-order valence-corrected chi connectivity index (χ2v) is 9.32. The van der Waals surface area contributed by atoms with Gasteiger partial charge in [-0.2, -0.15) is 0 Å². The first kappa shape index (κ1) is 23.3. The molecule has 2 aromatic rings. The third-order valence-electron chi connectivity index (χ3n) is 7.53. The lowest BCUT2D eigenvalue weighted by Crippen LogP contribution is -2.67. The van der Waals surface area contributed by atoms with Gasteiger partial charge in [0.05, 0.1) is 11.9 Å². The van der Waals surface area contributed by atoms with Gasteiger partial charge in [-0.05, 0) is 69.0 Å². The highest BCUT2D eigenvalue weighted by Gasteiger charge is 2.58. The third-order valence-corrected chi connectivity index (χ3v) is 7.53. The van der Waals surface area contributed by atoms with Crippen molar-refractivity contribution in [2.75, 3.05) is 26.7 Å². The molecule has 2 heterocycles. The molecule has 6 nitrogen and oxygen atoms in total. The van der Waals surface area contributed by atoms with Crippen molar-refractivity contribution in [1.82, 2.24) is 10.2 Å². The van der Waals surface area contributed by atoms with E-state index in [1.807, 2.05) is 31.2 Å². The number of nitrogens with one attached hydrogen (secondary N) is 1. The number of carbonyl (C=O) groups excluding carboxylic acids is 1.